The van der Waals surface area contributed by atoms with E-state index in [4.69, 9.17) is 10.5 Å². The summed E-state index contributed by atoms with van der Waals surface area (Å²) in [5.74, 6) is -0.249. The Kier molecular flexibility index (Phi) is 6.76. The molecule has 3 N–H and O–H groups in total. The summed E-state index contributed by atoms with van der Waals surface area (Å²) in [6.45, 7) is 3.66. The van der Waals surface area contributed by atoms with Gasteiger partial charge in [-0.2, -0.15) is 0 Å². The van der Waals surface area contributed by atoms with Crippen molar-refractivity contribution in [2.75, 3.05) is 12.4 Å². The van der Waals surface area contributed by atoms with Gasteiger partial charge in [-0.1, -0.05) is 42.5 Å². The number of benzene rings is 2. The number of hydrogen-bond donors (Lipinski definition) is 2. The highest BCUT2D eigenvalue weighted by Gasteiger charge is 2.30. The van der Waals surface area contributed by atoms with Crippen LogP contribution >= 0.6 is 12.4 Å². The zero-order valence-corrected chi connectivity index (χ0v) is 14.4. The summed E-state index contributed by atoms with van der Waals surface area (Å²) >= 11 is 0. The summed E-state index contributed by atoms with van der Waals surface area (Å²) in [7, 11) is 1.66. The standard InChI is InChI=1S/C18H22N2O2.ClH/c1-13(22-3)14-8-7-11-16(12-14)20-17(21)18(2,19)15-9-5-4-6-10-15;/h4-13H,19H2,1-3H3,(H,20,21);1H. The summed E-state index contributed by atoms with van der Waals surface area (Å²) in [6, 6.07) is 16.9. The van der Waals surface area contributed by atoms with Gasteiger partial charge in [-0.25, -0.2) is 0 Å². The predicted molar refractivity (Wildman–Crippen MR) is 95.7 cm³/mol. The molecule has 0 aromatic heterocycles. The van der Waals surface area contributed by atoms with Gasteiger partial charge in [0.2, 0.25) is 5.91 Å². The van der Waals surface area contributed by atoms with E-state index in [9.17, 15) is 4.79 Å². The quantitative estimate of drug-likeness (QED) is 0.877. The van der Waals surface area contributed by atoms with Gasteiger partial charge in [0.15, 0.2) is 0 Å². The third kappa shape index (κ3) is 4.55. The number of amides is 1. The first-order chi connectivity index (χ1) is 10.4. The first kappa shape index (κ1) is 19.2. The van der Waals surface area contributed by atoms with Crippen molar-refractivity contribution in [3.8, 4) is 0 Å². The number of carbonyl (C=O) groups is 1. The minimum absolute atomic E-state index is 0. The van der Waals surface area contributed by atoms with E-state index in [2.05, 4.69) is 5.32 Å². The fourth-order valence-corrected chi connectivity index (χ4v) is 2.18. The summed E-state index contributed by atoms with van der Waals surface area (Å²) in [4.78, 5) is 12.5. The lowest BCUT2D eigenvalue weighted by Gasteiger charge is -2.24. The van der Waals surface area contributed by atoms with Crippen LogP contribution in [0.2, 0.25) is 0 Å². The van der Waals surface area contributed by atoms with Crippen LogP contribution in [0.1, 0.15) is 31.1 Å². The lowest BCUT2D eigenvalue weighted by molar-refractivity contribution is -0.120. The molecule has 2 atom stereocenters. The molecule has 0 saturated carbocycles. The van der Waals surface area contributed by atoms with E-state index < -0.39 is 5.54 Å². The van der Waals surface area contributed by atoms with E-state index in [0.717, 1.165) is 11.1 Å². The Labute approximate surface area is 143 Å². The second kappa shape index (κ2) is 8.11. The molecular weight excluding hydrogens is 312 g/mol. The molecule has 0 bridgehead atoms. The average Bonchev–Trinajstić information content (AvgIpc) is 2.55. The Morgan fingerprint density at radius 3 is 2.43 bits per heavy atom. The highest BCUT2D eigenvalue weighted by atomic mass is 35.5. The van der Waals surface area contributed by atoms with Crippen LogP contribution in [0.25, 0.3) is 0 Å². The fourth-order valence-electron chi connectivity index (χ4n) is 2.18. The molecule has 124 valence electrons. The Morgan fingerprint density at radius 2 is 1.83 bits per heavy atom. The van der Waals surface area contributed by atoms with E-state index in [1.165, 1.54) is 0 Å². The van der Waals surface area contributed by atoms with E-state index >= 15 is 0 Å². The molecule has 1 amide bonds. The van der Waals surface area contributed by atoms with Crippen LogP contribution in [0.4, 0.5) is 5.69 Å². The summed E-state index contributed by atoms with van der Waals surface area (Å²) in [6.07, 6.45) is -0.0322. The van der Waals surface area contributed by atoms with E-state index in [1.54, 1.807) is 14.0 Å². The molecule has 5 heteroatoms. The topological polar surface area (TPSA) is 64.3 Å². The van der Waals surface area contributed by atoms with Crippen LogP contribution in [0, 0.1) is 0 Å². The van der Waals surface area contributed by atoms with Crippen molar-refractivity contribution in [2.45, 2.75) is 25.5 Å². The van der Waals surface area contributed by atoms with Gasteiger partial charge in [-0.05, 0) is 37.1 Å². The molecule has 0 aliphatic heterocycles. The molecule has 2 aromatic rings. The van der Waals surface area contributed by atoms with Crippen LogP contribution in [0.15, 0.2) is 54.6 Å². The summed E-state index contributed by atoms with van der Waals surface area (Å²) in [5.41, 5.74) is 7.60. The highest BCUT2D eigenvalue weighted by Crippen LogP contribution is 2.23. The highest BCUT2D eigenvalue weighted by molar-refractivity contribution is 5.98. The van der Waals surface area contributed by atoms with Gasteiger partial charge in [0, 0.05) is 12.8 Å². The van der Waals surface area contributed by atoms with Gasteiger partial charge in [0.25, 0.3) is 0 Å². The molecule has 0 spiro atoms. The molecule has 0 heterocycles. The number of methoxy groups -OCH3 is 1. The Hall–Kier alpha value is -1.88. The molecule has 4 nitrogen and oxygen atoms in total. The number of ether oxygens (including phenoxy) is 1. The molecule has 2 aromatic carbocycles. The molecule has 2 unspecified atom stereocenters. The maximum Gasteiger partial charge on any atom is 0.248 e. The molecule has 0 aliphatic rings. The Balaban J connectivity index is 0.00000264. The number of halogens is 1. The average molecular weight is 335 g/mol. The van der Waals surface area contributed by atoms with Gasteiger partial charge < -0.3 is 15.8 Å². The zero-order valence-electron chi connectivity index (χ0n) is 13.6. The van der Waals surface area contributed by atoms with E-state index in [0.29, 0.717) is 5.69 Å². The van der Waals surface area contributed by atoms with Gasteiger partial charge >= 0.3 is 0 Å². The minimum atomic E-state index is -1.09. The minimum Gasteiger partial charge on any atom is -0.377 e. The van der Waals surface area contributed by atoms with Crippen LogP contribution < -0.4 is 11.1 Å². The number of nitrogens with two attached hydrogens (primary N) is 1. The van der Waals surface area contributed by atoms with Crippen molar-refractivity contribution in [3.05, 3.63) is 65.7 Å². The molecule has 0 aliphatic carbocycles. The normalized spacial score (nSPS) is 14.3. The monoisotopic (exact) mass is 334 g/mol. The lowest BCUT2D eigenvalue weighted by Crippen LogP contribution is -2.45. The van der Waals surface area contributed by atoms with Crippen molar-refractivity contribution in [2.24, 2.45) is 5.73 Å². The number of nitrogens with one attached hydrogen (secondary N) is 1. The van der Waals surface area contributed by atoms with Gasteiger partial charge in [-0.15, -0.1) is 12.4 Å². The molecule has 0 fully saturated rings. The fraction of sp³-hybridized carbons (Fsp3) is 0.278. The smallest absolute Gasteiger partial charge is 0.248 e. The predicted octanol–water partition coefficient (Wildman–Crippen LogP) is 3.63. The van der Waals surface area contributed by atoms with Crippen molar-refractivity contribution < 1.29 is 9.53 Å². The molecule has 0 radical (unpaired) electrons. The summed E-state index contributed by atoms with van der Waals surface area (Å²) < 4.78 is 5.30. The number of rotatable bonds is 5. The maximum atomic E-state index is 12.5. The third-order valence-electron chi connectivity index (χ3n) is 3.81. The number of carbonyl (C=O) groups excluding carboxylic acids is 1. The van der Waals surface area contributed by atoms with Crippen molar-refractivity contribution >= 4 is 24.0 Å². The number of hydrogen-bond acceptors (Lipinski definition) is 3. The van der Waals surface area contributed by atoms with Crippen LogP contribution in [0.3, 0.4) is 0 Å². The SMILES string of the molecule is COC(C)c1cccc(NC(=O)C(C)(N)c2ccccc2)c1.Cl. The summed E-state index contributed by atoms with van der Waals surface area (Å²) in [5, 5.41) is 2.88. The molecule has 23 heavy (non-hydrogen) atoms. The first-order valence-electron chi connectivity index (χ1n) is 7.23. The Morgan fingerprint density at radius 1 is 1.17 bits per heavy atom. The van der Waals surface area contributed by atoms with Gasteiger partial charge in [0.1, 0.15) is 5.54 Å². The molecular formula is C18H23ClN2O2. The lowest BCUT2D eigenvalue weighted by atomic mass is 9.92. The Bertz CT molecular complexity index is 644. The van der Waals surface area contributed by atoms with Crippen molar-refractivity contribution in [1.29, 1.82) is 0 Å². The van der Waals surface area contributed by atoms with Crippen LogP contribution in [0.5, 0.6) is 0 Å². The van der Waals surface area contributed by atoms with E-state index in [-0.39, 0.29) is 24.4 Å². The van der Waals surface area contributed by atoms with Crippen molar-refractivity contribution in [3.63, 3.8) is 0 Å². The van der Waals surface area contributed by atoms with Gasteiger partial charge in [-0.3, -0.25) is 4.79 Å². The zero-order chi connectivity index (χ0) is 16.2. The molecule has 2 rings (SSSR count). The van der Waals surface area contributed by atoms with Crippen LogP contribution in [-0.2, 0) is 15.1 Å². The second-order valence-corrected chi connectivity index (χ2v) is 5.53. The second-order valence-electron chi connectivity index (χ2n) is 5.53. The maximum absolute atomic E-state index is 12.5. The van der Waals surface area contributed by atoms with E-state index in [1.807, 2.05) is 61.5 Å². The molecule has 0 saturated heterocycles. The third-order valence-corrected chi connectivity index (χ3v) is 3.81. The van der Waals surface area contributed by atoms with Crippen LogP contribution in [-0.4, -0.2) is 13.0 Å². The number of anilines is 1. The van der Waals surface area contributed by atoms with Gasteiger partial charge in [0.05, 0.1) is 6.10 Å². The first-order valence-corrected chi connectivity index (χ1v) is 7.23. The largest absolute Gasteiger partial charge is 0.377 e. The van der Waals surface area contributed by atoms with Crippen molar-refractivity contribution in [1.82, 2.24) is 0 Å².